The third kappa shape index (κ3) is 2.47. The summed E-state index contributed by atoms with van der Waals surface area (Å²) in [7, 11) is 0. The van der Waals surface area contributed by atoms with E-state index in [-0.39, 0.29) is 0 Å². The number of anilines is 1. The highest BCUT2D eigenvalue weighted by Gasteiger charge is 2.18. The SMILES string of the molecule is OC(Nc1nc2ccccc2s1)c1cccc2c1CNCC2. The summed E-state index contributed by atoms with van der Waals surface area (Å²) in [6.07, 6.45) is 0.271. The van der Waals surface area contributed by atoms with E-state index in [4.69, 9.17) is 0 Å². The first-order valence-corrected chi connectivity index (χ1v) is 8.24. The van der Waals surface area contributed by atoms with E-state index in [2.05, 4.69) is 21.7 Å². The third-order valence-electron chi connectivity index (χ3n) is 4.03. The predicted octanol–water partition coefficient (Wildman–Crippen LogP) is 3.04. The lowest BCUT2D eigenvalue weighted by Crippen LogP contribution is -2.26. The van der Waals surface area contributed by atoms with Gasteiger partial charge in [0.15, 0.2) is 11.4 Å². The molecule has 1 atom stereocenters. The Hall–Kier alpha value is -1.95. The van der Waals surface area contributed by atoms with Crippen molar-refractivity contribution in [2.24, 2.45) is 0 Å². The number of thiazole rings is 1. The largest absolute Gasteiger partial charge is 0.369 e. The summed E-state index contributed by atoms with van der Waals surface area (Å²) in [6.45, 7) is 1.81. The van der Waals surface area contributed by atoms with Crippen molar-refractivity contribution in [2.75, 3.05) is 11.9 Å². The summed E-state index contributed by atoms with van der Waals surface area (Å²) in [4.78, 5) is 4.52. The van der Waals surface area contributed by atoms with Crippen molar-refractivity contribution in [1.29, 1.82) is 0 Å². The lowest BCUT2D eigenvalue weighted by Gasteiger charge is -2.23. The van der Waals surface area contributed by atoms with Gasteiger partial charge in [-0.2, -0.15) is 0 Å². The van der Waals surface area contributed by atoms with Crippen molar-refractivity contribution < 1.29 is 5.11 Å². The van der Waals surface area contributed by atoms with Crippen LogP contribution in [0.3, 0.4) is 0 Å². The maximum Gasteiger partial charge on any atom is 0.186 e. The molecule has 3 N–H and O–H groups in total. The topological polar surface area (TPSA) is 57.2 Å². The van der Waals surface area contributed by atoms with Crippen LogP contribution in [0.25, 0.3) is 10.2 Å². The number of rotatable bonds is 3. The van der Waals surface area contributed by atoms with E-state index in [1.165, 1.54) is 11.1 Å². The average Bonchev–Trinajstić information content (AvgIpc) is 2.96. The highest BCUT2D eigenvalue weighted by atomic mass is 32.1. The lowest BCUT2D eigenvalue weighted by atomic mass is 9.95. The smallest absolute Gasteiger partial charge is 0.186 e. The van der Waals surface area contributed by atoms with Gasteiger partial charge in [0.25, 0.3) is 0 Å². The van der Waals surface area contributed by atoms with E-state index in [1.807, 2.05) is 36.4 Å². The zero-order valence-electron chi connectivity index (χ0n) is 12.0. The summed E-state index contributed by atoms with van der Waals surface area (Å²) in [5, 5.41) is 17.8. The molecule has 22 heavy (non-hydrogen) atoms. The van der Waals surface area contributed by atoms with Crippen LogP contribution >= 0.6 is 11.3 Å². The highest BCUT2D eigenvalue weighted by Crippen LogP contribution is 2.30. The standard InChI is InChI=1S/C17H17N3OS/c21-16(12-5-3-4-11-8-9-18-10-13(11)12)20-17-19-14-6-1-2-7-15(14)22-17/h1-7,16,18,21H,8-10H2,(H,19,20). The molecule has 2 aromatic carbocycles. The number of para-hydroxylation sites is 1. The monoisotopic (exact) mass is 311 g/mol. The Kier molecular flexibility index (Phi) is 3.54. The molecule has 4 rings (SSSR count). The Bertz CT molecular complexity index is 782. The lowest BCUT2D eigenvalue weighted by molar-refractivity contribution is 0.206. The fourth-order valence-electron chi connectivity index (χ4n) is 2.93. The van der Waals surface area contributed by atoms with Crippen molar-refractivity contribution in [2.45, 2.75) is 19.2 Å². The Labute approximate surface area is 132 Å². The molecule has 4 nitrogen and oxygen atoms in total. The van der Waals surface area contributed by atoms with Gasteiger partial charge in [-0.1, -0.05) is 41.7 Å². The molecule has 0 fully saturated rings. The van der Waals surface area contributed by atoms with Gasteiger partial charge in [-0.15, -0.1) is 0 Å². The van der Waals surface area contributed by atoms with Gasteiger partial charge in [-0.3, -0.25) is 0 Å². The van der Waals surface area contributed by atoms with Gasteiger partial charge in [-0.05, 0) is 36.2 Å². The van der Waals surface area contributed by atoms with Crippen LogP contribution in [0.5, 0.6) is 0 Å². The molecule has 0 spiro atoms. The normalized spacial score (nSPS) is 15.5. The number of nitrogens with one attached hydrogen (secondary N) is 2. The van der Waals surface area contributed by atoms with Crippen LogP contribution in [0.2, 0.25) is 0 Å². The Morgan fingerprint density at radius 2 is 2.09 bits per heavy atom. The molecule has 1 unspecified atom stereocenters. The predicted molar refractivity (Wildman–Crippen MR) is 90.1 cm³/mol. The van der Waals surface area contributed by atoms with Gasteiger partial charge in [0.2, 0.25) is 0 Å². The number of aromatic nitrogens is 1. The van der Waals surface area contributed by atoms with Gasteiger partial charge >= 0.3 is 0 Å². The van der Waals surface area contributed by atoms with Crippen LogP contribution in [0.15, 0.2) is 42.5 Å². The summed E-state index contributed by atoms with van der Waals surface area (Å²) < 4.78 is 1.12. The van der Waals surface area contributed by atoms with Crippen LogP contribution in [0.4, 0.5) is 5.13 Å². The molecular weight excluding hydrogens is 294 g/mol. The number of aliphatic hydroxyl groups is 1. The first-order chi connectivity index (χ1) is 10.8. The molecule has 0 amide bonds. The van der Waals surface area contributed by atoms with Crippen LogP contribution in [0.1, 0.15) is 22.9 Å². The molecule has 0 radical (unpaired) electrons. The minimum absolute atomic E-state index is 0.740. The van der Waals surface area contributed by atoms with E-state index in [1.54, 1.807) is 11.3 Å². The molecule has 0 bridgehead atoms. The zero-order chi connectivity index (χ0) is 14.9. The molecule has 0 saturated heterocycles. The maximum absolute atomic E-state index is 10.6. The average molecular weight is 311 g/mol. The molecular formula is C17H17N3OS. The van der Waals surface area contributed by atoms with Gasteiger partial charge in [0, 0.05) is 12.1 Å². The first kappa shape index (κ1) is 13.7. The van der Waals surface area contributed by atoms with Crippen LogP contribution in [0, 0.1) is 0 Å². The summed E-state index contributed by atoms with van der Waals surface area (Å²) in [5.74, 6) is 0. The molecule has 5 heteroatoms. The molecule has 1 aliphatic heterocycles. The number of nitrogens with zero attached hydrogens (tertiary/aromatic N) is 1. The van der Waals surface area contributed by atoms with Crippen molar-refractivity contribution in [3.8, 4) is 0 Å². The number of fused-ring (bicyclic) bond motifs is 2. The quantitative estimate of drug-likeness (QED) is 0.651. The second kappa shape index (κ2) is 5.68. The van der Waals surface area contributed by atoms with Crippen LogP contribution < -0.4 is 10.6 Å². The van der Waals surface area contributed by atoms with Crippen molar-refractivity contribution in [3.05, 3.63) is 59.2 Å². The third-order valence-corrected chi connectivity index (χ3v) is 5.00. The molecule has 3 aromatic rings. The molecule has 0 saturated carbocycles. The highest BCUT2D eigenvalue weighted by molar-refractivity contribution is 7.22. The Balaban J connectivity index is 1.63. The maximum atomic E-state index is 10.6. The molecule has 0 aliphatic carbocycles. The van der Waals surface area contributed by atoms with Gasteiger partial charge in [0.05, 0.1) is 10.2 Å². The van der Waals surface area contributed by atoms with Crippen LogP contribution in [-0.2, 0) is 13.0 Å². The molecule has 2 heterocycles. The minimum atomic E-state index is -0.740. The van der Waals surface area contributed by atoms with Gasteiger partial charge < -0.3 is 15.7 Å². The second-order valence-electron chi connectivity index (χ2n) is 5.45. The van der Waals surface area contributed by atoms with Crippen molar-refractivity contribution >= 4 is 26.7 Å². The minimum Gasteiger partial charge on any atom is -0.369 e. The summed E-state index contributed by atoms with van der Waals surface area (Å²) >= 11 is 1.56. The van der Waals surface area contributed by atoms with E-state index in [9.17, 15) is 5.11 Å². The zero-order valence-corrected chi connectivity index (χ0v) is 12.9. The number of hydrogen-bond acceptors (Lipinski definition) is 5. The molecule has 1 aromatic heterocycles. The Morgan fingerprint density at radius 3 is 3.00 bits per heavy atom. The van der Waals surface area contributed by atoms with Gasteiger partial charge in [-0.25, -0.2) is 4.98 Å². The van der Waals surface area contributed by atoms with E-state index >= 15 is 0 Å². The molecule has 112 valence electrons. The summed E-state index contributed by atoms with van der Waals surface area (Å²) in [6, 6.07) is 14.1. The second-order valence-corrected chi connectivity index (χ2v) is 6.48. The van der Waals surface area contributed by atoms with Crippen molar-refractivity contribution in [3.63, 3.8) is 0 Å². The number of hydrogen-bond donors (Lipinski definition) is 3. The fraction of sp³-hybridized carbons (Fsp3) is 0.235. The van der Waals surface area contributed by atoms with Crippen LogP contribution in [-0.4, -0.2) is 16.6 Å². The van der Waals surface area contributed by atoms with Gasteiger partial charge in [0.1, 0.15) is 0 Å². The number of aliphatic hydroxyl groups excluding tert-OH is 1. The summed E-state index contributed by atoms with van der Waals surface area (Å²) in [5.41, 5.74) is 4.42. The first-order valence-electron chi connectivity index (χ1n) is 7.43. The van der Waals surface area contributed by atoms with E-state index in [0.29, 0.717) is 0 Å². The fourth-order valence-corrected chi connectivity index (χ4v) is 3.81. The van der Waals surface area contributed by atoms with E-state index < -0.39 is 6.23 Å². The number of benzene rings is 2. The van der Waals surface area contributed by atoms with Crippen molar-refractivity contribution in [1.82, 2.24) is 10.3 Å². The Morgan fingerprint density at radius 1 is 1.18 bits per heavy atom. The van der Waals surface area contributed by atoms with E-state index in [0.717, 1.165) is 40.4 Å². The molecule has 1 aliphatic rings.